The van der Waals surface area contributed by atoms with Crippen molar-refractivity contribution in [3.63, 3.8) is 0 Å². The van der Waals surface area contributed by atoms with Crippen LogP contribution in [0.4, 0.5) is 10.1 Å². The molecule has 6 heteroatoms. The second kappa shape index (κ2) is 4.72. The summed E-state index contributed by atoms with van der Waals surface area (Å²) >= 11 is 0. The van der Waals surface area contributed by atoms with Crippen molar-refractivity contribution in [2.45, 2.75) is 19.3 Å². The van der Waals surface area contributed by atoms with Crippen LogP contribution in [-0.4, -0.2) is 17.6 Å². The van der Waals surface area contributed by atoms with Gasteiger partial charge in [-0.2, -0.15) is 5.26 Å². The zero-order chi connectivity index (χ0) is 16.3. The van der Waals surface area contributed by atoms with Crippen LogP contribution < -0.4 is 4.90 Å². The van der Waals surface area contributed by atoms with E-state index < -0.39 is 23.6 Å². The van der Waals surface area contributed by atoms with Gasteiger partial charge >= 0.3 is 0 Å². The highest BCUT2D eigenvalue weighted by Crippen LogP contribution is 2.52. The van der Waals surface area contributed by atoms with Crippen LogP contribution in [0.3, 0.4) is 0 Å². The Balaban J connectivity index is 1.77. The SMILES string of the molecule is N#Cc1cc(N2C(=O)[C@@H]3[C@H]4CC[C@H](C(=O)C4)[C@@H]3C2=O)ccc1F. The molecule has 1 aromatic carbocycles. The lowest BCUT2D eigenvalue weighted by Gasteiger charge is -2.41. The third kappa shape index (κ3) is 1.79. The van der Waals surface area contributed by atoms with Gasteiger partial charge in [0.15, 0.2) is 0 Å². The fourth-order valence-corrected chi connectivity index (χ4v) is 4.38. The molecule has 3 saturated carbocycles. The number of nitriles is 1. The molecule has 2 amide bonds. The number of carbonyl (C=O) groups excluding carboxylic acids is 3. The summed E-state index contributed by atoms with van der Waals surface area (Å²) in [6.45, 7) is 0. The highest BCUT2D eigenvalue weighted by molar-refractivity contribution is 6.23. The van der Waals surface area contributed by atoms with Gasteiger partial charge in [-0.15, -0.1) is 0 Å². The summed E-state index contributed by atoms with van der Waals surface area (Å²) in [6.07, 6.45) is 1.81. The molecule has 0 radical (unpaired) electrons. The van der Waals surface area contributed by atoms with E-state index in [0.717, 1.165) is 17.4 Å². The number of fused-ring (bicyclic) bond motifs is 2. The summed E-state index contributed by atoms with van der Waals surface area (Å²) in [5.74, 6) is -2.81. The molecule has 3 aliphatic carbocycles. The van der Waals surface area contributed by atoms with Crippen LogP contribution in [0.15, 0.2) is 18.2 Å². The van der Waals surface area contributed by atoms with Crippen molar-refractivity contribution in [1.82, 2.24) is 0 Å². The quantitative estimate of drug-likeness (QED) is 0.741. The van der Waals surface area contributed by atoms with E-state index in [0.29, 0.717) is 12.8 Å². The predicted octanol–water partition coefficient (Wildman–Crippen LogP) is 1.80. The zero-order valence-corrected chi connectivity index (χ0v) is 12.2. The van der Waals surface area contributed by atoms with Gasteiger partial charge in [-0.3, -0.25) is 14.4 Å². The van der Waals surface area contributed by atoms with E-state index >= 15 is 0 Å². The molecule has 1 saturated heterocycles. The average molecular weight is 312 g/mol. The first-order chi connectivity index (χ1) is 11.0. The Morgan fingerprint density at radius 2 is 1.87 bits per heavy atom. The molecule has 4 aliphatic rings. The molecule has 5 nitrogen and oxygen atoms in total. The van der Waals surface area contributed by atoms with Crippen molar-refractivity contribution in [3.8, 4) is 6.07 Å². The number of hydrogen-bond donors (Lipinski definition) is 0. The van der Waals surface area contributed by atoms with Gasteiger partial charge in [0.2, 0.25) is 11.8 Å². The molecule has 1 aromatic rings. The van der Waals surface area contributed by atoms with Crippen LogP contribution in [0.25, 0.3) is 0 Å². The van der Waals surface area contributed by atoms with Crippen molar-refractivity contribution in [3.05, 3.63) is 29.6 Å². The minimum absolute atomic E-state index is 0.0716. The van der Waals surface area contributed by atoms with Crippen molar-refractivity contribution >= 4 is 23.3 Å². The number of nitrogens with zero attached hydrogens (tertiary/aromatic N) is 2. The highest BCUT2D eigenvalue weighted by Gasteiger charge is 2.60. The first-order valence-corrected chi connectivity index (χ1v) is 7.63. The normalized spacial score (nSPS) is 32.2. The molecular weight excluding hydrogens is 299 g/mol. The van der Waals surface area contributed by atoms with E-state index in [1.54, 1.807) is 6.07 Å². The van der Waals surface area contributed by atoms with Gasteiger partial charge < -0.3 is 0 Å². The number of amides is 2. The van der Waals surface area contributed by atoms with Crippen LogP contribution in [0.1, 0.15) is 24.8 Å². The minimum Gasteiger partial charge on any atom is -0.299 e. The lowest BCUT2D eigenvalue weighted by atomic mass is 9.59. The molecule has 2 bridgehead atoms. The van der Waals surface area contributed by atoms with Crippen LogP contribution in [0.5, 0.6) is 0 Å². The summed E-state index contributed by atoms with van der Waals surface area (Å²) in [7, 11) is 0. The van der Waals surface area contributed by atoms with Crippen molar-refractivity contribution in [1.29, 1.82) is 5.26 Å². The van der Waals surface area contributed by atoms with Gasteiger partial charge in [0.25, 0.3) is 0 Å². The first-order valence-electron chi connectivity index (χ1n) is 7.63. The van der Waals surface area contributed by atoms with E-state index in [9.17, 15) is 18.8 Å². The van der Waals surface area contributed by atoms with E-state index in [1.807, 2.05) is 0 Å². The summed E-state index contributed by atoms with van der Waals surface area (Å²) in [5, 5.41) is 8.93. The van der Waals surface area contributed by atoms with E-state index in [4.69, 9.17) is 5.26 Å². The van der Waals surface area contributed by atoms with Gasteiger partial charge in [-0.05, 0) is 37.0 Å². The Labute approximate surface area is 131 Å². The van der Waals surface area contributed by atoms with E-state index in [-0.39, 0.29) is 34.8 Å². The number of halogens is 1. The van der Waals surface area contributed by atoms with Crippen LogP contribution in [0, 0.1) is 40.8 Å². The molecular formula is C17H13FN2O3. The Hall–Kier alpha value is -2.55. The van der Waals surface area contributed by atoms with E-state index in [2.05, 4.69) is 0 Å². The number of Topliss-reactive ketones (excluding diaryl/α,β-unsaturated/α-hetero) is 1. The number of carbonyl (C=O) groups is 3. The second-order valence-corrected chi connectivity index (χ2v) is 6.45. The van der Waals surface area contributed by atoms with Crippen molar-refractivity contribution in [2.24, 2.45) is 23.7 Å². The van der Waals surface area contributed by atoms with Crippen molar-refractivity contribution in [2.75, 3.05) is 4.90 Å². The zero-order valence-electron chi connectivity index (χ0n) is 12.2. The number of hydrogen-bond acceptors (Lipinski definition) is 4. The number of rotatable bonds is 1. The molecule has 0 N–H and O–H groups in total. The Kier molecular flexibility index (Phi) is 2.89. The third-order valence-corrected chi connectivity index (χ3v) is 5.39. The standard InChI is InChI=1S/C17H13FN2O3/c18-12-4-2-10(5-9(12)7-19)20-16(22)14-8-1-3-11(13(21)6-8)15(14)17(20)23/h2,4-5,8,11,14-15H,1,3,6H2/t8-,11+,14+,15-/m0/s1. The molecule has 4 fully saturated rings. The fourth-order valence-electron chi connectivity index (χ4n) is 4.38. The molecule has 1 aliphatic heterocycles. The number of anilines is 1. The average Bonchev–Trinajstić information content (AvgIpc) is 2.82. The summed E-state index contributed by atoms with van der Waals surface area (Å²) < 4.78 is 13.5. The molecule has 4 atom stereocenters. The number of ketones is 1. The second-order valence-electron chi connectivity index (χ2n) is 6.45. The smallest absolute Gasteiger partial charge is 0.238 e. The predicted molar refractivity (Wildman–Crippen MR) is 76.4 cm³/mol. The summed E-state index contributed by atoms with van der Waals surface area (Å²) in [4.78, 5) is 38.6. The first kappa shape index (κ1) is 14.1. The molecule has 0 unspecified atom stereocenters. The Bertz CT molecular complexity index is 798. The maximum atomic E-state index is 13.5. The van der Waals surface area contributed by atoms with Gasteiger partial charge in [0.1, 0.15) is 17.7 Å². The maximum Gasteiger partial charge on any atom is 0.238 e. The lowest BCUT2D eigenvalue weighted by molar-refractivity contribution is -0.143. The summed E-state index contributed by atoms with van der Waals surface area (Å²) in [5.41, 5.74) is -0.00350. The maximum absolute atomic E-state index is 13.5. The number of imide groups is 1. The van der Waals surface area contributed by atoms with Gasteiger partial charge in [-0.25, -0.2) is 9.29 Å². The monoisotopic (exact) mass is 312 g/mol. The molecule has 5 rings (SSSR count). The molecule has 23 heavy (non-hydrogen) atoms. The Morgan fingerprint density at radius 1 is 1.13 bits per heavy atom. The summed E-state index contributed by atoms with van der Waals surface area (Å²) in [6, 6.07) is 5.33. The Morgan fingerprint density at radius 3 is 2.57 bits per heavy atom. The van der Waals surface area contributed by atoms with Crippen molar-refractivity contribution < 1.29 is 18.8 Å². The van der Waals surface area contributed by atoms with Gasteiger partial charge in [-0.1, -0.05) is 0 Å². The molecule has 116 valence electrons. The topological polar surface area (TPSA) is 78.2 Å². The van der Waals surface area contributed by atoms with Gasteiger partial charge in [0.05, 0.1) is 23.1 Å². The largest absolute Gasteiger partial charge is 0.299 e. The van der Waals surface area contributed by atoms with Crippen LogP contribution >= 0.6 is 0 Å². The fraction of sp³-hybridized carbons (Fsp3) is 0.412. The third-order valence-electron chi connectivity index (χ3n) is 5.39. The van der Waals surface area contributed by atoms with Crippen LogP contribution in [0.2, 0.25) is 0 Å². The molecule has 1 heterocycles. The number of benzene rings is 1. The lowest BCUT2D eigenvalue weighted by Crippen LogP contribution is -2.46. The van der Waals surface area contributed by atoms with E-state index in [1.165, 1.54) is 12.1 Å². The molecule has 0 aromatic heterocycles. The van der Waals surface area contributed by atoms with Crippen LogP contribution in [-0.2, 0) is 14.4 Å². The van der Waals surface area contributed by atoms with Gasteiger partial charge in [0, 0.05) is 12.3 Å². The molecule has 0 spiro atoms. The highest BCUT2D eigenvalue weighted by atomic mass is 19.1. The minimum atomic E-state index is -0.692.